The number of benzene rings is 1. The number of aliphatic imine (C=N–C) groups is 1. The van der Waals surface area contributed by atoms with Crippen LogP contribution >= 0.6 is 35.3 Å². The zero-order valence-corrected chi connectivity index (χ0v) is 19.6. The third-order valence-electron chi connectivity index (χ3n) is 3.43. The summed E-state index contributed by atoms with van der Waals surface area (Å²) in [4.78, 5) is 10.2. The molecule has 0 aliphatic rings. The minimum Gasteiger partial charge on any atom is -0.357 e. The van der Waals surface area contributed by atoms with Crippen molar-refractivity contribution in [2.24, 2.45) is 4.99 Å². The molecule has 0 aliphatic heterocycles. The first-order chi connectivity index (χ1) is 12.4. The molecule has 0 saturated carbocycles. The van der Waals surface area contributed by atoms with Gasteiger partial charge in [0.05, 0.1) is 11.4 Å². The zero-order valence-electron chi connectivity index (χ0n) is 15.7. The Morgan fingerprint density at radius 1 is 1.15 bits per heavy atom. The molecule has 1 heterocycles. The highest BCUT2D eigenvalue weighted by Crippen LogP contribution is 2.11. The Morgan fingerprint density at radius 2 is 1.85 bits per heavy atom. The molecule has 0 aliphatic carbocycles. The fourth-order valence-electron chi connectivity index (χ4n) is 2.13. The van der Waals surface area contributed by atoms with Crippen LogP contribution in [0.2, 0.25) is 0 Å². The Labute approximate surface area is 182 Å². The lowest BCUT2D eigenvalue weighted by molar-refractivity contribution is 0.580. The van der Waals surface area contributed by atoms with Crippen LogP contribution in [0.4, 0.5) is 0 Å². The van der Waals surface area contributed by atoms with Gasteiger partial charge >= 0.3 is 0 Å². The summed E-state index contributed by atoms with van der Waals surface area (Å²) in [5.74, 6) is 0.634. The molecule has 10 heteroatoms. The molecule has 0 spiro atoms. The highest BCUT2D eigenvalue weighted by Gasteiger charge is 2.12. The molecule has 0 bridgehead atoms. The van der Waals surface area contributed by atoms with Crippen molar-refractivity contribution in [3.8, 4) is 0 Å². The third-order valence-corrected chi connectivity index (χ3v) is 5.80. The summed E-state index contributed by atoms with van der Waals surface area (Å²) in [6.07, 6.45) is 1.83. The molecule has 0 unspecified atom stereocenters. The predicted molar refractivity (Wildman–Crippen MR) is 121 cm³/mol. The van der Waals surface area contributed by atoms with Gasteiger partial charge in [0.15, 0.2) is 5.96 Å². The average Bonchev–Trinajstić information content (AvgIpc) is 3.02. The fraction of sp³-hybridized carbons (Fsp3) is 0.412. The topological polar surface area (TPSA) is 95.5 Å². The van der Waals surface area contributed by atoms with Gasteiger partial charge in [-0.15, -0.1) is 35.3 Å². The minimum atomic E-state index is -3.50. The molecular formula is C17H26IN5O2S2. The number of nitrogens with one attached hydrogen (secondary N) is 3. The first-order valence-corrected chi connectivity index (χ1v) is 10.7. The standard InChI is InChI=1S/C17H25N5O2S2.HI/c1-4-18-17(21-12-16-20-11-14(3)25-16)19-9-10-22-26(23,24)15-7-5-13(2)6-8-15;/h5-8,11,22H,4,9-10,12H2,1-3H3,(H2,18,19,21);1H. The summed E-state index contributed by atoms with van der Waals surface area (Å²) < 4.78 is 27.1. The zero-order chi connectivity index (χ0) is 19.0. The van der Waals surface area contributed by atoms with Crippen molar-refractivity contribution in [1.82, 2.24) is 20.3 Å². The smallest absolute Gasteiger partial charge is 0.240 e. The number of sulfonamides is 1. The van der Waals surface area contributed by atoms with Crippen LogP contribution in [0, 0.1) is 13.8 Å². The number of hydrogen-bond acceptors (Lipinski definition) is 5. The Hall–Kier alpha value is -1.24. The van der Waals surface area contributed by atoms with Gasteiger partial charge in [-0.25, -0.2) is 23.1 Å². The molecule has 7 nitrogen and oxygen atoms in total. The minimum absolute atomic E-state index is 0. The molecule has 1 aromatic heterocycles. The maximum Gasteiger partial charge on any atom is 0.240 e. The molecule has 27 heavy (non-hydrogen) atoms. The van der Waals surface area contributed by atoms with E-state index in [4.69, 9.17) is 0 Å². The first kappa shape index (κ1) is 23.8. The second kappa shape index (κ2) is 11.6. The number of halogens is 1. The van der Waals surface area contributed by atoms with Crippen LogP contribution in [0.5, 0.6) is 0 Å². The largest absolute Gasteiger partial charge is 0.357 e. The Morgan fingerprint density at radius 3 is 2.44 bits per heavy atom. The summed E-state index contributed by atoms with van der Waals surface area (Å²) in [6.45, 7) is 7.80. The molecule has 2 aromatic rings. The van der Waals surface area contributed by atoms with Crippen LogP contribution in [0.1, 0.15) is 22.4 Å². The van der Waals surface area contributed by atoms with E-state index in [1.54, 1.807) is 35.6 Å². The Bertz CT molecular complexity index is 835. The number of thiazole rings is 1. The number of rotatable bonds is 8. The lowest BCUT2D eigenvalue weighted by atomic mass is 10.2. The second-order valence-corrected chi connectivity index (χ2v) is 8.78. The van der Waals surface area contributed by atoms with Crippen molar-refractivity contribution in [1.29, 1.82) is 0 Å². The molecule has 0 saturated heterocycles. The van der Waals surface area contributed by atoms with Crippen LogP contribution in [0.3, 0.4) is 0 Å². The SMILES string of the molecule is CCNC(=NCc1ncc(C)s1)NCCNS(=O)(=O)c1ccc(C)cc1.I. The third kappa shape index (κ3) is 8.11. The van der Waals surface area contributed by atoms with Crippen molar-refractivity contribution < 1.29 is 8.42 Å². The number of nitrogens with zero attached hydrogens (tertiary/aromatic N) is 2. The summed E-state index contributed by atoms with van der Waals surface area (Å²) in [7, 11) is -3.50. The van der Waals surface area contributed by atoms with Crippen molar-refractivity contribution in [2.45, 2.75) is 32.2 Å². The van der Waals surface area contributed by atoms with E-state index in [1.807, 2.05) is 27.0 Å². The summed E-state index contributed by atoms with van der Waals surface area (Å²) in [6, 6.07) is 6.77. The van der Waals surface area contributed by atoms with Gasteiger partial charge in [-0.2, -0.15) is 0 Å². The van der Waals surface area contributed by atoms with Gasteiger partial charge < -0.3 is 10.6 Å². The average molecular weight is 523 g/mol. The van der Waals surface area contributed by atoms with E-state index in [1.165, 1.54) is 0 Å². The first-order valence-electron chi connectivity index (χ1n) is 8.40. The molecule has 1 aromatic carbocycles. The molecule has 2 rings (SSSR count). The number of guanidine groups is 1. The van der Waals surface area contributed by atoms with E-state index < -0.39 is 10.0 Å². The van der Waals surface area contributed by atoms with Crippen LogP contribution < -0.4 is 15.4 Å². The maximum atomic E-state index is 12.2. The van der Waals surface area contributed by atoms with E-state index in [2.05, 4.69) is 25.3 Å². The lowest BCUT2D eigenvalue weighted by Crippen LogP contribution is -2.41. The Balaban J connectivity index is 0.00000364. The second-order valence-electron chi connectivity index (χ2n) is 5.70. The molecule has 150 valence electrons. The fourth-order valence-corrected chi connectivity index (χ4v) is 3.87. The van der Waals surface area contributed by atoms with Gasteiger partial charge in [0.1, 0.15) is 5.01 Å². The van der Waals surface area contributed by atoms with E-state index in [0.29, 0.717) is 19.0 Å². The highest BCUT2D eigenvalue weighted by molar-refractivity contribution is 14.0. The van der Waals surface area contributed by atoms with Crippen LogP contribution in [-0.4, -0.2) is 39.0 Å². The van der Waals surface area contributed by atoms with Crippen LogP contribution in [0.15, 0.2) is 40.4 Å². The van der Waals surface area contributed by atoms with Crippen molar-refractivity contribution in [3.05, 3.63) is 45.9 Å². The van der Waals surface area contributed by atoms with E-state index >= 15 is 0 Å². The number of hydrogen-bond donors (Lipinski definition) is 3. The van der Waals surface area contributed by atoms with Crippen molar-refractivity contribution >= 4 is 51.3 Å². The van der Waals surface area contributed by atoms with E-state index in [9.17, 15) is 8.42 Å². The summed E-state index contributed by atoms with van der Waals surface area (Å²) >= 11 is 1.61. The molecule has 0 amide bonds. The molecule has 3 N–H and O–H groups in total. The summed E-state index contributed by atoms with van der Waals surface area (Å²) in [5.41, 5.74) is 1.02. The number of aryl methyl sites for hydroxylation is 2. The molecule has 0 radical (unpaired) electrons. The maximum absolute atomic E-state index is 12.2. The molecule has 0 atom stereocenters. The highest BCUT2D eigenvalue weighted by atomic mass is 127. The molecule has 0 fully saturated rings. The van der Waals surface area contributed by atoms with E-state index in [-0.39, 0.29) is 35.4 Å². The van der Waals surface area contributed by atoms with Crippen molar-refractivity contribution in [3.63, 3.8) is 0 Å². The Kier molecular flexibility index (Phi) is 10.2. The van der Waals surface area contributed by atoms with Gasteiger partial charge in [-0.1, -0.05) is 17.7 Å². The normalized spacial score (nSPS) is 11.7. The predicted octanol–water partition coefficient (Wildman–Crippen LogP) is 2.41. The van der Waals surface area contributed by atoms with Gasteiger partial charge in [0.2, 0.25) is 10.0 Å². The molecular weight excluding hydrogens is 497 g/mol. The summed E-state index contributed by atoms with van der Waals surface area (Å²) in [5, 5.41) is 7.20. The van der Waals surface area contributed by atoms with E-state index in [0.717, 1.165) is 22.0 Å². The quantitative estimate of drug-likeness (QED) is 0.214. The monoisotopic (exact) mass is 523 g/mol. The van der Waals surface area contributed by atoms with Crippen molar-refractivity contribution in [2.75, 3.05) is 19.6 Å². The van der Waals surface area contributed by atoms with Gasteiger partial charge in [0, 0.05) is 30.7 Å². The van der Waals surface area contributed by atoms with Crippen LogP contribution in [0.25, 0.3) is 0 Å². The van der Waals surface area contributed by atoms with Gasteiger partial charge in [-0.3, -0.25) is 0 Å². The van der Waals surface area contributed by atoms with Crippen LogP contribution in [-0.2, 0) is 16.6 Å². The number of aromatic nitrogens is 1. The lowest BCUT2D eigenvalue weighted by Gasteiger charge is -2.12. The van der Waals surface area contributed by atoms with Gasteiger partial charge in [0.25, 0.3) is 0 Å². The van der Waals surface area contributed by atoms with Gasteiger partial charge in [-0.05, 0) is 32.9 Å².